The Morgan fingerprint density at radius 3 is 2.34 bits per heavy atom. The number of carboxylic acids is 1. The third-order valence-corrected chi connectivity index (χ3v) is 4.38. The van der Waals surface area contributed by atoms with Crippen LogP contribution < -0.4 is 9.50 Å². The summed E-state index contributed by atoms with van der Waals surface area (Å²) in [5, 5.41) is 12.4. The monoisotopic (exact) mass is 419 g/mol. The van der Waals surface area contributed by atoms with Gasteiger partial charge in [-0.2, -0.15) is 8.42 Å². The first-order chi connectivity index (χ1) is 13.8. The summed E-state index contributed by atoms with van der Waals surface area (Å²) in [4.78, 5) is 11.2. The molecule has 0 aliphatic heterocycles. The van der Waals surface area contributed by atoms with Crippen molar-refractivity contribution in [3.63, 3.8) is 0 Å². The van der Waals surface area contributed by atoms with E-state index in [-0.39, 0.29) is 5.75 Å². The number of ether oxygens (including phenoxy) is 1. The highest BCUT2D eigenvalue weighted by atomic mass is 32.2. The molecule has 2 N–H and O–H groups in total. The second-order valence-corrected chi connectivity index (χ2v) is 7.90. The number of nitrogens with one attached hydrogen (secondary N) is 1. The fourth-order valence-corrected chi connectivity index (χ4v) is 3.03. The van der Waals surface area contributed by atoms with Crippen molar-refractivity contribution >= 4 is 27.9 Å². The summed E-state index contributed by atoms with van der Waals surface area (Å²) >= 11 is 0. The van der Waals surface area contributed by atoms with Gasteiger partial charge in [0.15, 0.2) is 6.10 Å². The molecule has 0 spiro atoms. The molecule has 8 heteroatoms. The maximum Gasteiger partial charge on any atom is 0.333 e. The second kappa shape index (κ2) is 10.6. The molecule has 2 rings (SSSR count). The van der Waals surface area contributed by atoms with Gasteiger partial charge in [-0.1, -0.05) is 36.4 Å². The molecule has 0 heterocycles. The number of hydrogen-bond acceptors (Lipinski definition) is 6. The van der Waals surface area contributed by atoms with Gasteiger partial charge in [-0.15, -0.1) is 0 Å². The largest absolute Gasteiger partial charge is 0.479 e. The molecule has 2 aromatic carbocycles. The van der Waals surface area contributed by atoms with Gasteiger partial charge in [0.1, 0.15) is 5.75 Å². The standard InChI is InChI=1S/C21H25NO6S/c1-3-27-20(21(23)24)15-17-6-10-18(11-7-17)22-14-4-5-16-8-12-19(13-9-16)28-29(2,25)26/h4-13,20,22H,3,14-15H2,1-2H3,(H,23,24)/t20-/m1/s1. The van der Waals surface area contributed by atoms with Crippen LogP contribution >= 0.6 is 0 Å². The Kier molecular flexibility index (Phi) is 8.23. The molecule has 156 valence electrons. The number of rotatable bonds is 11. The SMILES string of the molecule is CCO[C@H](Cc1ccc(NCC=Cc2ccc(OS(C)(=O)=O)cc2)cc1)C(=O)O. The third kappa shape index (κ3) is 8.37. The zero-order chi connectivity index (χ0) is 21.3. The van der Waals surface area contributed by atoms with Crippen molar-refractivity contribution in [2.75, 3.05) is 24.7 Å². The Balaban J connectivity index is 1.83. The lowest BCUT2D eigenvalue weighted by atomic mass is 10.1. The van der Waals surface area contributed by atoms with Crippen LogP contribution in [0.2, 0.25) is 0 Å². The number of benzene rings is 2. The molecule has 0 saturated heterocycles. The topological polar surface area (TPSA) is 102 Å². The van der Waals surface area contributed by atoms with Crippen LogP contribution in [0.4, 0.5) is 5.69 Å². The summed E-state index contributed by atoms with van der Waals surface area (Å²) in [6, 6.07) is 14.3. The van der Waals surface area contributed by atoms with E-state index < -0.39 is 22.2 Å². The minimum atomic E-state index is -3.52. The van der Waals surface area contributed by atoms with Gasteiger partial charge in [-0.05, 0) is 42.3 Å². The van der Waals surface area contributed by atoms with Crippen molar-refractivity contribution in [1.29, 1.82) is 0 Å². The average Bonchev–Trinajstić information content (AvgIpc) is 2.66. The van der Waals surface area contributed by atoms with E-state index in [0.29, 0.717) is 19.6 Å². The lowest BCUT2D eigenvalue weighted by molar-refractivity contribution is -0.149. The average molecular weight is 419 g/mol. The summed E-state index contributed by atoms with van der Waals surface area (Å²) in [5.41, 5.74) is 2.72. The van der Waals surface area contributed by atoms with Gasteiger partial charge in [0.2, 0.25) is 0 Å². The van der Waals surface area contributed by atoms with E-state index in [1.807, 2.05) is 36.4 Å². The van der Waals surface area contributed by atoms with Crippen molar-refractivity contribution in [2.24, 2.45) is 0 Å². The van der Waals surface area contributed by atoms with Crippen LogP contribution in [0, 0.1) is 0 Å². The van der Waals surface area contributed by atoms with Crippen LogP contribution in [0.15, 0.2) is 54.6 Å². The van der Waals surface area contributed by atoms with Crippen LogP contribution in [0.1, 0.15) is 18.1 Å². The fraction of sp³-hybridized carbons (Fsp3) is 0.286. The van der Waals surface area contributed by atoms with E-state index in [1.165, 1.54) is 0 Å². The zero-order valence-corrected chi connectivity index (χ0v) is 17.2. The number of carbonyl (C=O) groups is 1. The van der Waals surface area contributed by atoms with Crippen LogP contribution in [0.3, 0.4) is 0 Å². The number of anilines is 1. The predicted octanol–water partition coefficient (Wildman–Crippen LogP) is 3.18. The van der Waals surface area contributed by atoms with Crippen LogP contribution in [0.25, 0.3) is 6.08 Å². The molecule has 0 aromatic heterocycles. The molecule has 0 radical (unpaired) electrons. The Morgan fingerprint density at radius 2 is 1.79 bits per heavy atom. The van der Waals surface area contributed by atoms with E-state index >= 15 is 0 Å². The summed E-state index contributed by atoms with van der Waals surface area (Å²) in [6.45, 7) is 2.72. The van der Waals surface area contributed by atoms with E-state index in [9.17, 15) is 13.2 Å². The lowest BCUT2D eigenvalue weighted by Gasteiger charge is -2.12. The van der Waals surface area contributed by atoms with Crippen LogP contribution in [-0.4, -0.2) is 45.0 Å². The van der Waals surface area contributed by atoms with E-state index in [4.69, 9.17) is 14.0 Å². The molecule has 0 fully saturated rings. The Hall–Kier alpha value is -2.84. The van der Waals surface area contributed by atoms with Crippen LogP contribution in [-0.2, 0) is 26.1 Å². The van der Waals surface area contributed by atoms with Crippen molar-refractivity contribution in [1.82, 2.24) is 0 Å². The highest BCUT2D eigenvalue weighted by Crippen LogP contribution is 2.15. The number of aliphatic carboxylic acids is 1. The molecule has 0 amide bonds. The number of hydrogen-bond donors (Lipinski definition) is 2. The maximum absolute atomic E-state index is 11.2. The normalized spacial score (nSPS) is 12.6. The molecule has 7 nitrogen and oxygen atoms in total. The molecule has 0 aliphatic carbocycles. The molecule has 2 aromatic rings. The van der Waals surface area contributed by atoms with Crippen molar-refractivity contribution in [3.8, 4) is 5.75 Å². The Morgan fingerprint density at radius 1 is 1.14 bits per heavy atom. The molecule has 1 atom stereocenters. The fourth-order valence-electron chi connectivity index (χ4n) is 2.57. The van der Waals surface area contributed by atoms with Gasteiger partial charge in [0.25, 0.3) is 0 Å². The smallest absolute Gasteiger partial charge is 0.333 e. The maximum atomic E-state index is 11.2. The van der Waals surface area contributed by atoms with E-state index in [0.717, 1.165) is 23.1 Å². The van der Waals surface area contributed by atoms with Crippen LogP contribution in [0.5, 0.6) is 5.75 Å². The van der Waals surface area contributed by atoms with Gasteiger partial charge in [-0.3, -0.25) is 0 Å². The van der Waals surface area contributed by atoms with E-state index in [1.54, 1.807) is 31.2 Å². The predicted molar refractivity (Wildman–Crippen MR) is 113 cm³/mol. The van der Waals surface area contributed by atoms with Crippen molar-refractivity contribution < 1.29 is 27.2 Å². The first-order valence-electron chi connectivity index (χ1n) is 9.10. The first kappa shape index (κ1) is 22.4. The molecule has 0 saturated carbocycles. The highest BCUT2D eigenvalue weighted by molar-refractivity contribution is 7.86. The van der Waals surface area contributed by atoms with Gasteiger partial charge < -0.3 is 19.3 Å². The summed E-state index contributed by atoms with van der Waals surface area (Å²) < 4.78 is 32.2. The molecular weight excluding hydrogens is 394 g/mol. The van der Waals surface area contributed by atoms with Gasteiger partial charge in [0, 0.05) is 25.3 Å². The van der Waals surface area contributed by atoms with Gasteiger partial charge in [-0.25, -0.2) is 4.79 Å². The van der Waals surface area contributed by atoms with Crippen molar-refractivity contribution in [2.45, 2.75) is 19.4 Å². The quantitative estimate of drug-likeness (QED) is 0.539. The zero-order valence-electron chi connectivity index (χ0n) is 16.4. The second-order valence-electron chi connectivity index (χ2n) is 6.32. The summed E-state index contributed by atoms with van der Waals surface area (Å²) in [7, 11) is -3.52. The lowest BCUT2D eigenvalue weighted by Crippen LogP contribution is -2.26. The number of carboxylic acid groups (broad SMARTS) is 1. The summed E-state index contributed by atoms with van der Waals surface area (Å²) in [5.74, 6) is -0.688. The summed E-state index contributed by atoms with van der Waals surface area (Å²) in [6.07, 6.45) is 4.34. The highest BCUT2D eigenvalue weighted by Gasteiger charge is 2.17. The minimum absolute atomic E-state index is 0.275. The molecule has 0 aliphatic rings. The molecule has 29 heavy (non-hydrogen) atoms. The third-order valence-electron chi connectivity index (χ3n) is 3.88. The van der Waals surface area contributed by atoms with E-state index in [2.05, 4.69) is 5.32 Å². The Labute approximate surface area is 171 Å². The molecule has 0 unspecified atom stereocenters. The molecule has 0 bridgehead atoms. The van der Waals surface area contributed by atoms with Crippen molar-refractivity contribution in [3.05, 3.63) is 65.7 Å². The first-order valence-corrected chi connectivity index (χ1v) is 10.9. The Bertz CT molecular complexity index is 921. The van der Waals surface area contributed by atoms with Gasteiger partial charge >= 0.3 is 16.1 Å². The molecular formula is C21H25NO6S. The minimum Gasteiger partial charge on any atom is -0.479 e. The van der Waals surface area contributed by atoms with Gasteiger partial charge in [0.05, 0.1) is 6.26 Å².